The molecule has 0 fully saturated rings. The summed E-state index contributed by atoms with van der Waals surface area (Å²) in [6.07, 6.45) is 0.429. The smallest absolute Gasteiger partial charge is 0.282 e. The molecule has 0 atom stereocenters. The van der Waals surface area contributed by atoms with Crippen LogP contribution in [0, 0.1) is 6.92 Å². The zero-order chi connectivity index (χ0) is 10.8. The first-order chi connectivity index (χ1) is 6.45. The molecule has 1 aromatic rings. The third-order valence-electron chi connectivity index (χ3n) is 1.86. The predicted octanol–water partition coefficient (Wildman–Crippen LogP) is 2.02. The largest absolute Gasteiger partial charge is 0.294 e. The van der Waals surface area contributed by atoms with Gasteiger partial charge >= 0.3 is 0 Å². The highest BCUT2D eigenvalue weighted by Crippen LogP contribution is 2.18. The molecule has 0 aromatic heterocycles. The van der Waals surface area contributed by atoms with Crippen LogP contribution < -0.4 is 0 Å². The maximum Gasteiger partial charge on any atom is 0.294 e. The zero-order valence-corrected chi connectivity index (χ0v) is 9.27. The Balaban J connectivity index is 3.29. The van der Waals surface area contributed by atoms with Crippen molar-refractivity contribution in [1.29, 1.82) is 0 Å². The van der Waals surface area contributed by atoms with Crippen LogP contribution in [0.1, 0.15) is 11.1 Å². The standard InChI is InChI=1S/C9H11ClO3S/c1-7-2-3-9(14(11,12)13)8(6-7)4-5-10/h2-3,6H,4-5H2,1H3,(H,11,12,13). The molecule has 0 unspecified atom stereocenters. The van der Waals surface area contributed by atoms with Crippen molar-refractivity contribution >= 4 is 21.7 Å². The second kappa shape index (κ2) is 4.29. The number of aryl methyl sites for hydroxylation is 2. The summed E-state index contributed by atoms with van der Waals surface area (Å²) in [6.45, 7) is 1.85. The van der Waals surface area contributed by atoms with Gasteiger partial charge in [-0.05, 0) is 25.0 Å². The normalized spacial score (nSPS) is 11.6. The van der Waals surface area contributed by atoms with Crippen molar-refractivity contribution in [3.05, 3.63) is 29.3 Å². The first-order valence-electron chi connectivity index (χ1n) is 4.08. The van der Waals surface area contributed by atoms with Gasteiger partial charge in [0.15, 0.2) is 0 Å². The van der Waals surface area contributed by atoms with Crippen molar-refractivity contribution in [2.75, 3.05) is 5.88 Å². The Bertz CT molecular complexity index is 426. The van der Waals surface area contributed by atoms with E-state index >= 15 is 0 Å². The molecule has 0 saturated carbocycles. The number of benzene rings is 1. The molecule has 0 spiro atoms. The Kier molecular flexibility index (Phi) is 3.53. The molecule has 0 bridgehead atoms. The maximum atomic E-state index is 11.0. The van der Waals surface area contributed by atoms with Crippen molar-refractivity contribution in [2.24, 2.45) is 0 Å². The summed E-state index contributed by atoms with van der Waals surface area (Å²) in [4.78, 5) is -0.0521. The maximum absolute atomic E-state index is 11.0. The molecule has 0 heterocycles. The van der Waals surface area contributed by atoms with Gasteiger partial charge in [-0.2, -0.15) is 8.42 Å². The van der Waals surface area contributed by atoms with Crippen LogP contribution in [0.4, 0.5) is 0 Å². The lowest BCUT2D eigenvalue weighted by Gasteiger charge is -2.06. The topological polar surface area (TPSA) is 54.4 Å². The Morgan fingerprint density at radius 3 is 2.57 bits per heavy atom. The molecule has 14 heavy (non-hydrogen) atoms. The van der Waals surface area contributed by atoms with Crippen molar-refractivity contribution in [3.63, 3.8) is 0 Å². The monoisotopic (exact) mass is 234 g/mol. The van der Waals surface area contributed by atoms with Crippen LogP contribution in [-0.4, -0.2) is 18.9 Å². The average Bonchev–Trinajstić information content (AvgIpc) is 2.02. The van der Waals surface area contributed by atoms with E-state index in [0.717, 1.165) is 5.56 Å². The molecular weight excluding hydrogens is 224 g/mol. The van der Waals surface area contributed by atoms with Crippen LogP contribution in [0.15, 0.2) is 23.1 Å². The van der Waals surface area contributed by atoms with Gasteiger partial charge in [0.1, 0.15) is 0 Å². The van der Waals surface area contributed by atoms with Gasteiger partial charge in [0, 0.05) is 5.88 Å². The summed E-state index contributed by atoms with van der Waals surface area (Å²) in [5.74, 6) is 0.325. The minimum Gasteiger partial charge on any atom is -0.282 e. The number of halogens is 1. The van der Waals surface area contributed by atoms with E-state index in [-0.39, 0.29) is 4.90 Å². The lowest BCUT2D eigenvalue weighted by Crippen LogP contribution is -2.04. The van der Waals surface area contributed by atoms with Crippen molar-refractivity contribution in [1.82, 2.24) is 0 Å². The van der Waals surface area contributed by atoms with Gasteiger partial charge in [-0.1, -0.05) is 17.7 Å². The van der Waals surface area contributed by atoms with Gasteiger partial charge in [-0.25, -0.2) is 0 Å². The molecular formula is C9H11ClO3S. The van der Waals surface area contributed by atoms with E-state index in [4.69, 9.17) is 16.2 Å². The molecule has 1 N–H and O–H groups in total. The third-order valence-corrected chi connectivity index (χ3v) is 3.00. The van der Waals surface area contributed by atoms with Gasteiger partial charge in [0.05, 0.1) is 4.90 Å². The van der Waals surface area contributed by atoms with E-state index in [1.165, 1.54) is 6.07 Å². The van der Waals surface area contributed by atoms with Gasteiger partial charge in [0.25, 0.3) is 10.1 Å². The molecule has 1 aromatic carbocycles. The number of rotatable bonds is 3. The highest BCUT2D eigenvalue weighted by atomic mass is 35.5. The lowest BCUT2D eigenvalue weighted by molar-refractivity contribution is 0.482. The van der Waals surface area contributed by atoms with E-state index in [2.05, 4.69) is 0 Å². The molecule has 0 saturated heterocycles. The first-order valence-corrected chi connectivity index (χ1v) is 6.05. The van der Waals surface area contributed by atoms with E-state index < -0.39 is 10.1 Å². The number of alkyl halides is 1. The van der Waals surface area contributed by atoms with E-state index in [1.54, 1.807) is 12.1 Å². The lowest BCUT2D eigenvalue weighted by atomic mass is 10.1. The summed E-state index contributed by atoms with van der Waals surface area (Å²) in [6, 6.07) is 4.75. The van der Waals surface area contributed by atoms with Crippen molar-refractivity contribution in [2.45, 2.75) is 18.2 Å². The quantitative estimate of drug-likeness (QED) is 0.643. The molecule has 5 heteroatoms. The average molecular weight is 235 g/mol. The summed E-state index contributed by atoms with van der Waals surface area (Å²) in [7, 11) is -4.13. The highest BCUT2D eigenvalue weighted by Gasteiger charge is 2.14. The van der Waals surface area contributed by atoms with Crippen molar-refractivity contribution in [3.8, 4) is 0 Å². The Morgan fingerprint density at radius 1 is 1.43 bits per heavy atom. The van der Waals surface area contributed by atoms with Crippen molar-refractivity contribution < 1.29 is 13.0 Å². The summed E-state index contributed by atoms with van der Waals surface area (Å²) in [5, 5.41) is 0. The Morgan fingerprint density at radius 2 is 2.07 bits per heavy atom. The van der Waals surface area contributed by atoms with Crippen LogP contribution in [-0.2, 0) is 16.5 Å². The van der Waals surface area contributed by atoms with Gasteiger partial charge < -0.3 is 0 Å². The number of hydrogen-bond acceptors (Lipinski definition) is 2. The fraction of sp³-hybridized carbons (Fsp3) is 0.333. The van der Waals surface area contributed by atoms with Crippen LogP contribution in [0.25, 0.3) is 0 Å². The summed E-state index contributed by atoms with van der Waals surface area (Å²) in [5.41, 5.74) is 1.50. The molecule has 0 aliphatic carbocycles. The SMILES string of the molecule is Cc1ccc(S(=O)(=O)O)c(CCCl)c1. The van der Waals surface area contributed by atoms with Crippen LogP contribution in [0.2, 0.25) is 0 Å². The Labute approximate surface area is 88.5 Å². The predicted molar refractivity (Wildman–Crippen MR) is 55.4 cm³/mol. The summed E-state index contributed by atoms with van der Waals surface area (Å²) < 4.78 is 30.8. The summed E-state index contributed by atoms with van der Waals surface area (Å²) >= 11 is 5.53. The first kappa shape index (κ1) is 11.5. The van der Waals surface area contributed by atoms with E-state index in [1.807, 2.05) is 6.92 Å². The molecule has 0 amide bonds. The second-order valence-electron chi connectivity index (χ2n) is 3.03. The Hall–Kier alpha value is -0.580. The molecule has 0 aliphatic heterocycles. The van der Waals surface area contributed by atoms with Gasteiger partial charge in [-0.3, -0.25) is 4.55 Å². The molecule has 1 rings (SSSR count). The van der Waals surface area contributed by atoms with Crippen LogP contribution >= 0.6 is 11.6 Å². The van der Waals surface area contributed by atoms with Crippen LogP contribution in [0.5, 0.6) is 0 Å². The van der Waals surface area contributed by atoms with Crippen LogP contribution in [0.3, 0.4) is 0 Å². The zero-order valence-electron chi connectivity index (χ0n) is 7.70. The van der Waals surface area contributed by atoms with Gasteiger partial charge in [-0.15, -0.1) is 11.6 Å². The van der Waals surface area contributed by atoms with Gasteiger partial charge in [0.2, 0.25) is 0 Å². The highest BCUT2D eigenvalue weighted by molar-refractivity contribution is 7.85. The molecule has 0 aliphatic rings. The fourth-order valence-corrected chi connectivity index (χ4v) is 2.19. The third kappa shape index (κ3) is 2.70. The minimum absolute atomic E-state index is 0.0521. The fourth-order valence-electron chi connectivity index (χ4n) is 1.26. The second-order valence-corrected chi connectivity index (χ2v) is 4.79. The molecule has 0 radical (unpaired) electrons. The molecule has 3 nitrogen and oxygen atoms in total. The van der Waals surface area contributed by atoms with E-state index in [9.17, 15) is 8.42 Å². The molecule has 78 valence electrons. The minimum atomic E-state index is -4.13. The number of hydrogen-bond donors (Lipinski definition) is 1. The van der Waals surface area contributed by atoms with E-state index in [0.29, 0.717) is 17.9 Å².